The van der Waals surface area contributed by atoms with Gasteiger partial charge in [0, 0.05) is 12.2 Å². The number of hydrogen-bond donors (Lipinski definition) is 2. The molecule has 0 amide bonds. The van der Waals surface area contributed by atoms with Gasteiger partial charge in [-0.1, -0.05) is 0 Å². The average molecular weight is 265 g/mol. The number of carboxylic acids is 1. The fourth-order valence-corrected chi connectivity index (χ4v) is 2.17. The number of carboxylic acid groups (broad SMARTS) is 1. The second kappa shape index (κ2) is 5.64. The van der Waals surface area contributed by atoms with E-state index in [1.807, 2.05) is 0 Å². The standard InChI is InChI=1S/C12H15N3O4/c1-19-12(18)10-13-5-4-9(15-10)14-8-3-2-7(6-8)11(16)17/h4-5,7-8H,2-3,6H2,1H3,(H,16,17)(H,13,14,15). The number of anilines is 1. The molecule has 2 atom stereocenters. The maximum absolute atomic E-state index is 11.3. The molecule has 2 unspecified atom stereocenters. The Morgan fingerprint density at radius 1 is 1.47 bits per heavy atom. The summed E-state index contributed by atoms with van der Waals surface area (Å²) in [7, 11) is 1.26. The first-order valence-electron chi connectivity index (χ1n) is 6.01. The quantitative estimate of drug-likeness (QED) is 0.781. The number of methoxy groups -OCH3 is 1. The number of hydrogen-bond acceptors (Lipinski definition) is 6. The molecule has 102 valence electrons. The molecule has 0 aromatic carbocycles. The van der Waals surface area contributed by atoms with Gasteiger partial charge in [-0.25, -0.2) is 14.8 Å². The van der Waals surface area contributed by atoms with E-state index in [-0.39, 0.29) is 17.8 Å². The fourth-order valence-electron chi connectivity index (χ4n) is 2.17. The summed E-state index contributed by atoms with van der Waals surface area (Å²) >= 11 is 0. The minimum atomic E-state index is -0.762. The van der Waals surface area contributed by atoms with Crippen LogP contribution in [0.1, 0.15) is 29.9 Å². The molecule has 0 spiro atoms. The number of nitrogens with one attached hydrogen (secondary N) is 1. The molecule has 19 heavy (non-hydrogen) atoms. The lowest BCUT2D eigenvalue weighted by molar-refractivity contribution is -0.141. The van der Waals surface area contributed by atoms with Crippen LogP contribution >= 0.6 is 0 Å². The van der Waals surface area contributed by atoms with Crippen LogP contribution in [0.2, 0.25) is 0 Å². The first kappa shape index (κ1) is 13.3. The smallest absolute Gasteiger partial charge is 0.376 e. The number of carbonyl (C=O) groups is 2. The van der Waals surface area contributed by atoms with E-state index < -0.39 is 11.9 Å². The van der Waals surface area contributed by atoms with E-state index in [4.69, 9.17) is 5.11 Å². The molecule has 0 saturated heterocycles. The van der Waals surface area contributed by atoms with Crippen molar-refractivity contribution in [3.05, 3.63) is 18.1 Å². The molecule has 1 saturated carbocycles. The molecular formula is C12H15N3O4. The zero-order valence-electron chi connectivity index (χ0n) is 10.5. The second-order valence-electron chi connectivity index (χ2n) is 4.45. The maximum Gasteiger partial charge on any atom is 0.376 e. The normalized spacial score (nSPS) is 21.9. The first-order chi connectivity index (χ1) is 9.10. The summed E-state index contributed by atoms with van der Waals surface area (Å²) in [6, 6.07) is 1.70. The van der Waals surface area contributed by atoms with Crippen LogP contribution in [0.4, 0.5) is 5.82 Å². The molecule has 1 aliphatic rings. The highest BCUT2D eigenvalue weighted by atomic mass is 16.5. The van der Waals surface area contributed by atoms with Gasteiger partial charge in [0.25, 0.3) is 0 Å². The molecule has 7 heteroatoms. The van der Waals surface area contributed by atoms with Crippen molar-refractivity contribution in [1.82, 2.24) is 9.97 Å². The van der Waals surface area contributed by atoms with Crippen LogP contribution in [0.5, 0.6) is 0 Å². The molecule has 1 aliphatic carbocycles. The van der Waals surface area contributed by atoms with Gasteiger partial charge in [-0.15, -0.1) is 0 Å². The van der Waals surface area contributed by atoms with E-state index >= 15 is 0 Å². The summed E-state index contributed by atoms with van der Waals surface area (Å²) in [6.45, 7) is 0. The van der Waals surface area contributed by atoms with Gasteiger partial charge < -0.3 is 15.2 Å². The van der Waals surface area contributed by atoms with Gasteiger partial charge in [-0.3, -0.25) is 4.79 Å². The van der Waals surface area contributed by atoms with Gasteiger partial charge in [-0.2, -0.15) is 0 Å². The lowest BCUT2D eigenvalue weighted by atomic mass is 10.1. The highest BCUT2D eigenvalue weighted by Gasteiger charge is 2.29. The number of nitrogens with zero attached hydrogens (tertiary/aromatic N) is 2. The third-order valence-electron chi connectivity index (χ3n) is 3.16. The Bertz CT molecular complexity index is 492. The number of carbonyl (C=O) groups excluding carboxylic acids is 1. The van der Waals surface area contributed by atoms with Gasteiger partial charge in [-0.05, 0) is 25.3 Å². The van der Waals surface area contributed by atoms with Crippen LogP contribution in [0.3, 0.4) is 0 Å². The minimum absolute atomic E-state index is 0.0136. The largest absolute Gasteiger partial charge is 0.481 e. The monoisotopic (exact) mass is 265 g/mol. The highest BCUT2D eigenvalue weighted by molar-refractivity contribution is 5.85. The summed E-state index contributed by atoms with van der Waals surface area (Å²) in [4.78, 5) is 30.0. The molecule has 2 N–H and O–H groups in total. The zero-order valence-corrected chi connectivity index (χ0v) is 10.5. The summed E-state index contributed by atoms with van der Waals surface area (Å²) in [5, 5.41) is 12.1. The van der Waals surface area contributed by atoms with Crippen molar-refractivity contribution in [2.24, 2.45) is 5.92 Å². The van der Waals surface area contributed by atoms with E-state index in [1.54, 1.807) is 6.07 Å². The third kappa shape index (κ3) is 3.18. The summed E-state index contributed by atoms with van der Waals surface area (Å²) in [5.41, 5.74) is 0. The Labute approximate surface area is 110 Å². The van der Waals surface area contributed by atoms with Gasteiger partial charge in [0.1, 0.15) is 5.82 Å². The number of aromatic nitrogens is 2. The molecule has 1 fully saturated rings. The number of aliphatic carboxylic acids is 1. The predicted molar refractivity (Wildman–Crippen MR) is 65.8 cm³/mol. The lowest BCUT2D eigenvalue weighted by Gasteiger charge is -2.13. The van der Waals surface area contributed by atoms with Crippen LogP contribution in [0.25, 0.3) is 0 Å². The Kier molecular flexibility index (Phi) is 3.94. The lowest BCUT2D eigenvalue weighted by Crippen LogP contribution is -2.19. The van der Waals surface area contributed by atoms with Gasteiger partial charge in [0.15, 0.2) is 0 Å². The zero-order chi connectivity index (χ0) is 13.8. The third-order valence-corrected chi connectivity index (χ3v) is 3.16. The van der Waals surface area contributed by atoms with E-state index in [0.717, 1.165) is 6.42 Å². The highest BCUT2D eigenvalue weighted by Crippen LogP contribution is 2.27. The number of esters is 1. The van der Waals surface area contributed by atoms with Crippen molar-refractivity contribution in [2.75, 3.05) is 12.4 Å². The SMILES string of the molecule is COC(=O)c1nccc(NC2CCC(C(=O)O)C2)n1. The van der Waals surface area contributed by atoms with E-state index in [1.165, 1.54) is 13.3 Å². The number of rotatable bonds is 4. The van der Waals surface area contributed by atoms with E-state index in [9.17, 15) is 9.59 Å². The molecule has 1 aromatic heterocycles. The van der Waals surface area contributed by atoms with Crippen LogP contribution in [0.15, 0.2) is 12.3 Å². The molecule has 0 radical (unpaired) electrons. The van der Waals surface area contributed by atoms with Crippen LogP contribution < -0.4 is 5.32 Å². The van der Waals surface area contributed by atoms with E-state index in [2.05, 4.69) is 20.0 Å². The Morgan fingerprint density at radius 3 is 2.89 bits per heavy atom. The molecule has 7 nitrogen and oxygen atoms in total. The fraction of sp³-hybridized carbons (Fsp3) is 0.500. The van der Waals surface area contributed by atoms with Crippen molar-refractivity contribution in [2.45, 2.75) is 25.3 Å². The molecule has 2 rings (SSSR count). The first-order valence-corrected chi connectivity index (χ1v) is 6.01. The summed E-state index contributed by atoms with van der Waals surface area (Å²) < 4.78 is 4.54. The average Bonchev–Trinajstić information content (AvgIpc) is 2.87. The van der Waals surface area contributed by atoms with Crippen molar-refractivity contribution in [3.8, 4) is 0 Å². The van der Waals surface area contributed by atoms with Crippen molar-refractivity contribution in [1.29, 1.82) is 0 Å². The topological polar surface area (TPSA) is 101 Å². The van der Waals surface area contributed by atoms with Crippen molar-refractivity contribution >= 4 is 17.8 Å². The molecule has 1 aromatic rings. The Morgan fingerprint density at radius 2 is 2.26 bits per heavy atom. The van der Waals surface area contributed by atoms with Gasteiger partial charge in [0.2, 0.25) is 5.82 Å². The van der Waals surface area contributed by atoms with E-state index in [0.29, 0.717) is 18.7 Å². The van der Waals surface area contributed by atoms with Crippen LogP contribution in [-0.4, -0.2) is 40.2 Å². The molecule has 0 bridgehead atoms. The van der Waals surface area contributed by atoms with Crippen molar-refractivity contribution in [3.63, 3.8) is 0 Å². The van der Waals surface area contributed by atoms with Crippen molar-refractivity contribution < 1.29 is 19.4 Å². The van der Waals surface area contributed by atoms with Crippen LogP contribution in [-0.2, 0) is 9.53 Å². The predicted octanol–water partition coefficient (Wildman–Crippen LogP) is 0.928. The Hall–Kier alpha value is -2.18. The number of ether oxygens (including phenoxy) is 1. The molecule has 0 aliphatic heterocycles. The summed E-state index contributed by atoms with van der Waals surface area (Å²) in [6.07, 6.45) is 3.45. The maximum atomic E-state index is 11.3. The Balaban J connectivity index is 2.00. The molecule has 1 heterocycles. The molecular weight excluding hydrogens is 250 g/mol. The van der Waals surface area contributed by atoms with Crippen LogP contribution in [0, 0.1) is 5.92 Å². The van der Waals surface area contributed by atoms with Gasteiger partial charge in [0.05, 0.1) is 13.0 Å². The minimum Gasteiger partial charge on any atom is -0.481 e. The second-order valence-corrected chi connectivity index (χ2v) is 4.45. The van der Waals surface area contributed by atoms with Gasteiger partial charge >= 0.3 is 11.9 Å². The summed E-state index contributed by atoms with van der Waals surface area (Å²) in [5.74, 6) is -1.17.